The first-order valence-corrected chi connectivity index (χ1v) is 7.57. The van der Waals surface area contributed by atoms with E-state index in [1.165, 1.54) is 0 Å². The van der Waals surface area contributed by atoms with Gasteiger partial charge in [-0.3, -0.25) is 14.6 Å². The van der Waals surface area contributed by atoms with Crippen LogP contribution in [0.25, 0.3) is 0 Å². The molecule has 1 atom stereocenters. The van der Waals surface area contributed by atoms with Gasteiger partial charge >= 0.3 is 0 Å². The Morgan fingerprint density at radius 3 is 2.95 bits per heavy atom. The lowest BCUT2D eigenvalue weighted by atomic mass is 10.1. The molecule has 1 saturated heterocycles. The minimum Gasteiger partial charge on any atom is -0.350 e. The summed E-state index contributed by atoms with van der Waals surface area (Å²) in [6, 6.07) is 3.87. The largest absolute Gasteiger partial charge is 0.350 e. The third-order valence-electron chi connectivity index (χ3n) is 3.82. The number of nitrogens with one attached hydrogen (secondary N) is 1. The van der Waals surface area contributed by atoms with Crippen LogP contribution in [0, 0.1) is 12.8 Å². The topological polar surface area (TPSA) is 65.5 Å². The number of rotatable bonds is 6. The molecule has 1 fully saturated rings. The van der Waals surface area contributed by atoms with Gasteiger partial charge in [0.2, 0.25) is 11.8 Å². The second-order valence-electron chi connectivity index (χ2n) is 6.09. The Hall–Kier alpha value is -1.95. The van der Waals surface area contributed by atoms with Crippen LogP contribution in [-0.4, -0.2) is 60.3 Å². The number of pyridine rings is 1. The molecule has 22 heavy (non-hydrogen) atoms. The Morgan fingerprint density at radius 2 is 2.27 bits per heavy atom. The molecule has 0 spiro atoms. The average molecular weight is 304 g/mol. The van der Waals surface area contributed by atoms with E-state index < -0.39 is 0 Å². The maximum atomic E-state index is 12.2. The summed E-state index contributed by atoms with van der Waals surface area (Å²) in [5.74, 6) is -0.251. The molecule has 1 aromatic rings. The van der Waals surface area contributed by atoms with Gasteiger partial charge in [0.15, 0.2) is 0 Å². The average Bonchev–Trinajstić information content (AvgIpc) is 2.84. The molecule has 0 bridgehead atoms. The summed E-state index contributed by atoms with van der Waals surface area (Å²) < 4.78 is 0. The minimum absolute atomic E-state index is 0.0654. The van der Waals surface area contributed by atoms with Crippen molar-refractivity contribution in [3.63, 3.8) is 0 Å². The maximum Gasteiger partial charge on any atom is 0.225 e. The van der Waals surface area contributed by atoms with Gasteiger partial charge in [-0.05, 0) is 38.7 Å². The Labute approximate surface area is 131 Å². The molecule has 1 aliphatic rings. The molecule has 1 N–H and O–H groups in total. The highest BCUT2D eigenvalue weighted by molar-refractivity contribution is 5.89. The second kappa shape index (κ2) is 7.35. The Bertz CT molecular complexity index is 545. The molecule has 2 amide bonds. The maximum absolute atomic E-state index is 12.2. The van der Waals surface area contributed by atoms with E-state index in [1.807, 2.05) is 38.1 Å². The van der Waals surface area contributed by atoms with Crippen molar-refractivity contribution in [1.29, 1.82) is 0 Å². The van der Waals surface area contributed by atoms with Gasteiger partial charge in [0.25, 0.3) is 0 Å². The van der Waals surface area contributed by atoms with Crippen LogP contribution in [0.2, 0.25) is 0 Å². The molecule has 0 aliphatic carbocycles. The fourth-order valence-electron chi connectivity index (χ4n) is 2.50. The van der Waals surface area contributed by atoms with Crippen molar-refractivity contribution in [2.24, 2.45) is 5.92 Å². The van der Waals surface area contributed by atoms with Gasteiger partial charge in [0, 0.05) is 32.3 Å². The zero-order valence-electron chi connectivity index (χ0n) is 13.5. The minimum atomic E-state index is -0.250. The van der Waals surface area contributed by atoms with E-state index in [9.17, 15) is 9.59 Å². The molecule has 0 aromatic carbocycles. The molecule has 2 heterocycles. The number of carbonyl (C=O) groups excluding carboxylic acids is 2. The summed E-state index contributed by atoms with van der Waals surface area (Å²) in [4.78, 5) is 32.2. The fraction of sp³-hybridized carbons (Fsp3) is 0.562. The Kier molecular flexibility index (Phi) is 5.49. The number of nitrogens with zero attached hydrogens (tertiary/aromatic N) is 3. The van der Waals surface area contributed by atoms with E-state index in [0.29, 0.717) is 26.1 Å². The van der Waals surface area contributed by atoms with Crippen LogP contribution in [0.5, 0.6) is 0 Å². The molecule has 6 heteroatoms. The molecule has 6 nitrogen and oxygen atoms in total. The van der Waals surface area contributed by atoms with Gasteiger partial charge in [-0.25, -0.2) is 0 Å². The van der Waals surface area contributed by atoms with Crippen LogP contribution >= 0.6 is 0 Å². The van der Waals surface area contributed by atoms with Gasteiger partial charge in [0.05, 0.1) is 18.2 Å². The molecule has 1 aromatic heterocycles. The first-order chi connectivity index (χ1) is 10.5. The number of amides is 2. The van der Waals surface area contributed by atoms with Gasteiger partial charge in [0.1, 0.15) is 0 Å². The summed E-state index contributed by atoms with van der Waals surface area (Å²) in [6.45, 7) is 4.40. The standard InChI is InChI=1S/C16H24N4O2/c1-12-4-5-17-14(8-12)10-18-16(22)13-9-15(21)20(11-13)7-6-19(2)3/h4-5,8,13H,6-7,9-11H2,1-3H3,(H,18,22)/t13-/m1/s1. The van der Waals surface area contributed by atoms with Crippen LogP contribution in [0.15, 0.2) is 18.3 Å². The quantitative estimate of drug-likeness (QED) is 0.827. The first-order valence-electron chi connectivity index (χ1n) is 7.57. The molecule has 1 aliphatic heterocycles. The number of likely N-dealkylation sites (N-methyl/N-ethyl adjacent to an activating group) is 1. The van der Waals surface area contributed by atoms with E-state index in [1.54, 1.807) is 11.1 Å². The van der Waals surface area contributed by atoms with E-state index in [-0.39, 0.29) is 17.7 Å². The lowest BCUT2D eigenvalue weighted by Gasteiger charge is -2.19. The van der Waals surface area contributed by atoms with E-state index in [0.717, 1.165) is 17.8 Å². The smallest absolute Gasteiger partial charge is 0.225 e. The van der Waals surface area contributed by atoms with Crippen molar-refractivity contribution in [1.82, 2.24) is 20.1 Å². The van der Waals surface area contributed by atoms with E-state index in [2.05, 4.69) is 10.3 Å². The molecule has 0 saturated carbocycles. The van der Waals surface area contributed by atoms with Crippen LogP contribution in [0.4, 0.5) is 0 Å². The van der Waals surface area contributed by atoms with Crippen molar-refractivity contribution in [3.05, 3.63) is 29.6 Å². The molecular formula is C16H24N4O2. The predicted octanol–water partition coefficient (Wildman–Crippen LogP) is 0.416. The summed E-state index contributed by atoms with van der Waals surface area (Å²) in [5.41, 5.74) is 1.95. The van der Waals surface area contributed by atoms with Crippen molar-refractivity contribution in [2.45, 2.75) is 19.9 Å². The highest BCUT2D eigenvalue weighted by Gasteiger charge is 2.33. The fourth-order valence-corrected chi connectivity index (χ4v) is 2.50. The van der Waals surface area contributed by atoms with E-state index >= 15 is 0 Å². The van der Waals surface area contributed by atoms with Crippen molar-refractivity contribution in [3.8, 4) is 0 Å². The zero-order valence-corrected chi connectivity index (χ0v) is 13.5. The number of carbonyl (C=O) groups is 2. The zero-order chi connectivity index (χ0) is 16.1. The molecular weight excluding hydrogens is 280 g/mol. The number of likely N-dealkylation sites (tertiary alicyclic amines) is 1. The van der Waals surface area contributed by atoms with Crippen LogP contribution in [0.3, 0.4) is 0 Å². The van der Waals surface area contributed by atoms with Gasteiger partial charge in [-0.1, -0.05) is 0 Å². The molecule has 2 rings (SSSR count). The number of aryl methyl sites for hydroxylation is 1. The third kappa shape index (κ3) is 4.53. The second-order valence-corrected chi connectivity index (χ2v) is 6.09. The van der Waals surface area contributed by atoms with Crippen LogP contribution < -0.4 is 5.32 Å². The molecule has 0 unspecified atom stereocenters. The van der Waals surface area contributed by atoms with Gasteiger partial charge < -0.3 is 15.1 Å². The summed E-state index contributed by atoms with van der Waals surface area (Å²) >= 11 is 0. The summed E-state index contributed by atoms with van der Waals surface area (Å²) in [6.07, 6.45) is 2.04. The first kappa shape index (κ1) is 16.4. The summed E-state index contributed by atoms with van der Waals surface area (Å²) in [7, 11) is 3.94. The monoisotopic (exact) mass is 304 g/mol. The van der Waals surface area contributed by atoms with Gasteiger partial charge in [-0.15, -0.1) is 0 Å². The third-order valence-corrected chi connectivity index (χ3v) is 3.82. The molecule has 0 radical (unpaired) electrons. The normalized spacial score (nSPS) is 18.1. The van der Waals surface area contributed by atoms with Crippen molar-refractivity contribution >= 4 is 11.8 Å². The highest BCUT2D eigenvalue weighted by atomic mass is 16.2. The number of hydrogen-bond donors (Lipinski definition) is 1. The van der Waals surface area contributed by atoms with Crippen LogP contribution in [-0.2, 0) is 16.1 Å². The van der Waals surface area contributed by atoms with Gasteiger partial charge in [-0.2, -0.15) is 0 Å². The lowest BCUT2D eigenvalue weighted by molar-refractivity contribution is -0.129. The van der Waals surface area contributed by atoms with Crippen molar-refractivity contribution < 1.29 is 9.59 Å². The summed E-state index contributed by atoms with van der Waals surface area (Å²) in [5, 5.41) is 2.88. The SMILES string of the molecule is Cc1ccnc(CNC(=O)[C@@H]2CC(=O)N(CCN(C)C)C2)c1. The highest BCUT2D eigenvalue weighted by Crippen LogP contribution is 2.17. The Balaban J connectivity index is 1.82. The van der Waals surface area contributed by atoms with E-state index in [4.69, 9.17) is 0 Å². The lowest BCUT2D eigenvalue weighted by Crippen LogP contribution is -2.35. The number of aromatic nitrogens is 1. The molecule has 120 valence electrons. The van der Waals surface area contributed by atoms with Crippen LogP contribution in [0.1, 0.15) is 17.7 Å². The Morgan fingerprint density at radius 1 is 1.50 bits per heavy atom. The predicted molar refractivity (Wildman–Crippen MR) is 84.1 cm³/mol. The number of hydrogen-bond acceptors (Lipinski definition) is 4. The van der Waals surface area contributed by atoms with Crippen molar-refractivity contribution in [2.75, 3.05) is 33.7 Å².